The average molecular weight is 432 g/mol. The highest BCUT2D eigenvalue weighted by molar-refractivity contribution is 6.07. The molecule has 0 saturated carbocycles. The van der Waals surface area contributed by atoms with Gasteiger partial charge in [0.2, 0.25) is 5.71 Å². The molecule has 3 aromatic heterocycles. The van der Waals surface area contributed by atoms with Crippen LogP contribution >= 0.6 is 0 Å². The highest BCUT2D eigenvalue weighted by Crippen LogP contribution is 2.37. The van der Waals surface area contributed by atoms with Crippen LogP contribution in [-0.4, -0.2) is 9.97 Å². The lowest BCUT2D eigenvalue weighted by Gasteiger charge is -2.13. The minimum atomic E-state index is -2.37. The molecular formula is C30H22N2O. The number of fused-ring (bicyclic) bond motifs is 3. The molecule has 33 heavy (non-hydrogen) atoms. The van der Waals surface area contributed by atoms with E-state index in [0.29, 0.717) is 44.6 Å². The van der Waals surface area contributed by atoms with Crippen LogP contribution < -0.4 is 0 Å². The van der Waals surface area contributed by atoms with E-state index in [1.807, 2.05) is 60.7 Å². The lowest BCUT2D eigenvalue weighted by Crippen LogP contribution is -1.98. The van der Waals surface area contributed by atoms with Crippen molar-refractivity contribution >= 4 is 22.1 Å². The van der Waals surface area contributed by atoms with E-state index in [2.05, 4.69) is 9.97 Å². The lowest BCUT2D eigenvalue weighted by atomic mass is 9.93. The highest BCUT2D eigenvalue weighted by Gasteiger charge is 2.19. The van der Waals surface area contributed by atoms with Crippen LogP contribution in [0.15, 0.2) is 108 Å². The van der Waals surface area contributed by atoms with Crippen LogP contribution in [0.3, 0.4) is 0 Å². The maximum absolute atomic E-state index is 9.33. The molecule has 0 saturated heterocycles. The van der Waals surface area contributed by atoms with E-state index < -0.39 is 13.2 Å². The Morgan fingerprint density at radius 1 is 0.818 bits per heavy atom. The van der Waals surface area contributed by atoms with E-state index >= 15 is 0 Å². The van der Waals surface area contributed by atoms with E-state index in [9.17, 15) is 2.74 Å². The number of hydrogen-bond acceptors (Lipinski definition) is 3. The number of benzene rings is 3. The molecule has 0 unspecified atom stereocenters. The monoisotopic (exact) mass is 431 g/mol. The van der Waals surface area contributed by atoms with E-state index in [1.54, 1.807) is 36.5 Å². The molecule has 3 heteroatoms. The standard InChI is InChI=1S/C30H22N2O/c1-20-18-31-27(17-24(20)22-12-6-3-7-13-22)26-19-32-30-29(23-14-8-9-15-28(23)33-30)25(26)16-21-10-4-2-5-11-21/h2-15,17-19H,16H2,1H3/i1D3,16D2. The van der Waals surface area contributed by atoms with E-state index in [0.717, 1.165) is 10.9 Å². The number of aromatic nitrogens is 2. The van der Waals surface area contributed by atoms with Crippen LogP contribution in [-0.2, 0) is 6.37 Å². The maximum Gasteiger partial charge on any atom is 0.227 e. The third kappa shape index (κ3) is 3.48. The Bertz CT molecular complexity index is 1780. The van der Waals surface area contributed by atoms with Crippen molar-refractivity contribution in [1.29, 1.82) is 0 Å². The Morgan fingerprint density at radius 3 is 2.39 bits per heavy atom. The molecule has 0 fully saturated rings. The molecule has 6 rings (SSSR count). The molecular weight excluding hydrogens is 404 g/mol. The SMILES string of the molecule is [2H]C([2H])([2H])c1cnc(-c2cnc3oc4ccccc4c3c2C([2H])([2H])c2ccccc2)cc1-c1ccccc1. The second-order valence-corrected chi connectivity index (χ2v) is 7.80. The van der Waals surface area contributed by atoms with Gasteiger partial charge in [-0.3, -0.25) is 4.98 Å². The van der Waals surface area contributed by atoms with Crippen LogP contribution in [0.2, 0.25) is 0 Å². The summed E-state index contributed by atoms with van der Waals surface area (Å²) >= 11 is 0. The molecule has 0 aliphatic carbocycles. The normalized spacial score (nSPS) is 14.4. The topological polar surface area (TPSA) is 38.9 Å². The fraction of sp³-hybridized carbons (Fsp3) is 0.0667. The highest BCUT2D eigenvalue weighted by atomic mass is 16.3. The van der Waals surface area contributed by atoms with Gasteiger partial charge in [-0.1, -0.05) is 78.9 Å². The first-order chi connectivity index (χ1) is 18.2. The van der Waals surface area contributed by atoms with Crippen molar-refractivity contribution in [3.8, 4) is 22.4 Å². The number of para-hydroxylation sites is 1. The Hall–Kier alpha value is -4.24. The molecule has 0 radical (unpaired) electrons. The molecule has 0 spiro atoms. The van der Waals surface area contributed by atoms with Crippen molar-refractivity contribution in [1.82, 2.24) is 9.97 Å². The molecule has 158 valence electrons. The summed E-state index contributed by atoms with van der Waals surface area (Å²) in [7, 11) is 0. The zero-order chi connectivity index (χ0) is 26.5. The van der Waals surface area contributed by atoms with Gasteiger partial charge in [-0.15, -0.1) is 0 Å². The summed E-state index contributed by atoms with van der Waals surface area (Å²) in [6.07, 6.45) is 0.985. The minimum absolute atomic E-state index is 0.128. The summed E-state index contributed by atoms with van der Waals surface area (Å²) in [5.41, 5.74) is 4.03. The van der Waals surface area contributed by atoms with Crippen molar-refractivity contribution in [2.24, 2.45) is 0 Å². The van der Waals surface area contributed by atoms with Crippen molar-refractivity contribution in [3.63, 3.8) is 0 Å². The minimum Gasteiger partial charge on any atom is -0.438 e. The van der Waals surface area contributed by atoms with Crippen molar-refractivity contribution in [2.75, 3.05) is 0 Å². The van der Waals surface area contributed by atoms with Crippen LogP contribution in [0, 0.1) is 6.85 Å². The van der Waals surface area contributed by atoms with Gasteiger partial charge in [0.25, 0.3) is 0 Å². The molecule has 3 heterocycles. The van der Waals surface area contributed by atoms with E-state index in [1.165, 1.54) is 6.20 Å². The number of pyridine rings is 2. The molecule has 0 amide bonds. The molecule has 6 aromatic rings. The molecule has 3 nitrogen and oxygen atoms in total. The van der Waals surface area contributed by atoms with E-state index in [-0.39, 0.29) is 5.56 Å². The number of furan rings is 1. The number of nitrogens with zero attached hydrogens (tertiary/aromatic N) is 2. The third-order valence-corrected chi connectivity index (χ3v) is 5.71. The Kier molecular flexibility index (Phi) is 3.59. The lowest BCUT2D eigenvalue weighted by molar-refractivity contribution is 0.654. The van der Waals surface area contributed by atoms with Crippen LogP contribution in [0.1, 0.15) is 23.5 Å². The molecule has 0 aliphatic heterocycles. The van der Waals surface area contributed by atoms with E-state index in [4.69, 9.17) is 8.53 Å². The summed E-state index contributed by atoms with van der Waals surface area (Å²) < 4.78 is 48.9. The van der Waals surface area contributed by atoms with Gasteiger partial charge in [0.05, 0.1) is 11.1 Å². The molecule has 0 aliphatic rings. The summed E-state index contributed by atoms with van der Waals surface area (Å²) in [4.78, 5) is 9.10. The second kappa shape index (κ2) is 8.03. The fourth-order valence-electron chi connectivity index (χ4n) is 4.14. The number of aryl methyl sites for hydroxylation is 1. The van der Waals surface area contributed by atoms with Crippen LogP contribution in [0.25, 0.3) is 44.5 Å². The molecule has 0 atom stereocenters. The number of rotatable bonds is 4. The Balaban J connectivity index is 1.70. The van der Waals surface area contributed by atoms with Gasteiger partial charge in [0, 0.05) is 30.2 Å². The average Bonchev–Trinajstić information content (AvgIpc) is 3.31. The largest absolute Gasteiger partial charge is 0.438 e. The van der Waals surface area contributed by atoms with Crippen LogP contribution in [0.5, 0.6) is 0 Å². The Morgan fingerprint density at radius 2 is 1.58 bits per heavy atom. The molecule has 3 aromatic carbocycles. The zero-order valence-electron chi connectivity index (χ0n) is 22.6. The zero-order valence-corrected chi connectivity index (χ0v) is 17.6. The van der Waals surface area contributed by atoms with Gasteiger partial charge in [-0.25, -0.2) is 4.98 Å². The second-order valence-electron chi connectivity index (χ2n) is 7.80. The van der Waals surface area contributed by atoms with Gasteiger partial charge >= 0.3 is 0 Å². The van der Waals surface area contributed by atoms with Crippen molar-refractivity contribution < 1.29 is 11.3 Å². The van der Waals surface area contributed by atoms with Crippen molar-refractivity contribution in [3.05, 3.63) is 120 Å². The van der Waals surface area contributed by atoms with Gasteiger partial charge < -0.3 is 4.42 Å². The predicted molar refractivity (Wildman–Crippen MR) is 134 cm³/mol. The fourth-order valence-corrected chi connectivity index (χ4v) is 4.14. The molecule has 0 bridgehead atoms. The van der Waals surface area contributed by atoms with Crippen molar-refractivity contribution in [2.45, 2.75) is 13.2 Å². The summed E-state index contributed by atoms with van der Waals surface area (Å²) in [5, 5.41) is 1.31. The number of hydrogen-bond donors (Lipinski definition) is 0. The quantitative estimate of drug-likeness (QED) is 0.288. The molecule has 0 N–H and O–H groups in total. The van der Waals surface area contributed by atoms with Gasteiger partial charge in [-0.2, -0.15) is 0 Å². The summed E-state index contributed by atoms with van der Waals surface area (Å²) in [6, 6.07) is 27.4. The van der Waals surface area contributed by atoms with Gasteiger partial charge in [-0.05, 0) is 53.2 Å². The predicted octanol–water partition coefficient (Wildman–Crippen LogP) is 7.61. The first-order valence-electron chi connectivity index (χ1n) is 13.2. The maximum atomic E-state index is 9.33. The Labute approximate surface area is 199 Å². The summed E-state index contributed by atoms with van der Waals surface area (Å²) in [6.45, 7) is -2.37. The van der Waals surface area contributed by atoms with Gasteiger partial charge in [0.15, 0.2) is 0 Å². The smallest absolute Gasteiger partial charge is 0.227 e. The van der Waals surface area contributed by atoms with Crippen LogP contribution in [0.4, 0.5) is 0 Å². The summed E-state index contributed by atoms with van der Waals surface area (Å²) in [5.74, 6) is 0. The van der Waals surface area contributed by atoms with Gasteiger partial charge in [0.1, 0.15) is 5.58 Å². The first kappa shape index (κ1) is 14.8. The third-order valence-electron chi connectivity index (χ3n) is 5.71. The first-order valence-corrected chi connectivity index (χ1v) is 10.7.